The van der Waals surface area contributed by atoms with E-state index in [0.717, 1.165) is 0 Å². The Bertz CT molecular complexity index is 558. The fourth-order valence-corrected chi connectivity index (χ4v) is 1.37. The van der Waals surface area contributed by atoms with Crippen molar-refractivity contribution in [2.24, 2.45) is 0 Å². The standard InChI is InChI=1S/C9H6N2O4/c12-8(13)4-1-2-10-7-5(9(14)15)3-11-6(4)7/h1-3,11H,(H,12,13)(H,14,15). The molecule has 3 N–H and O–H groups in total. The molecule has 0 aliphatic rings. The van der Waals surface area contributed by atoms with E-state index in [-0.39, 0.29) is 22.2 Å². The lowest BCUT2D eigenvalue weighted by atomic mass is 10.2. The molecule has 0 unspecified atom stereocenters. The summed E-state index contributed by atoms with van der Waals surface area (Å²) in [4.78, 5) is 28.0. The maximum absolute atomic E-state index is 10.8. The van der Waals surface area contributed by atoms with E-state index in [9.17, 15) is 9.59 Å². The molecule has 0 amide bonds. The zero-order valence-corrected chi connectivity index (χ0v) is 7.39. The quantitative estimate of drug-likeness (QED) is 0.678. The van der Waals surface area contributed by atoms with Gasteiger partial charge in [0, 0.05) is 12.4 Å². The number of pyridine rings is 1. The Balaban J connectivity index is 2.80. The van der Waals surface area contributed by atoms with Gasteiger partial charge in [0.05, 0.1) is 11.1 Å². The van der Waals surface area contributed by atoms with Crippen LogP contribution >= 0.6 is 0 Å². The van der Waals surface area contributed by atoms with Gasteiger partial charge in [0.1, 0.15) is 11.1 Å². The maximum Gasteiger partial charge on any atom is 0.339 e. The number of carboxylic acid groups (broad SMARTS) is 2. The van der Waals surface area contributed by atoms with Crippen molar-refractivity contribution in [2.45, 2.75) is 0 Å². The lowest BCUT2D eigenvalue weighted by molar-refractivity contribution is 0.0687. The second-order valence-electron chi connectivity index (χ2n) is 2.89. The highest BCUT2D eigenvalue weighted by Gasteiger charge is 2.16. The predicted molar refractivity (Wildman–Crippen MR) is 50.0 cm³/mol. The summed E-state index contributed by atoms with van der Waals surface area (Å²) < 4.78 is 0. The highest BCUT2D eigenvalue weighted by atomic mass is 16.4. The van der Waals surface area contributed by atoms with Crippen molar-refractivity contribution >= 4 is 23.0 Å². The van der Waals surface area contributed by atoms with Crippen molar-refractivity contribution in [2.75, 3.05) is 0 Å². The zero-order valence-electron chi connectivity index (χ0n) is 7.39. The maximum atomic E-state index is 10.8. The van der Waals surface area contributed by atoms with Crippen LogP contribution in [0.4, 0.5) is 0 Å². The smallest absolute Gasteiger partial charge is 0.339 e. The van der Waals surface area contributed by atoms with Gasteiger partial charge in [-0.1, -0.05) is 0 Å². The molecular formula is C9H6N2O4. The fraction of sp³-hybridized carbons (Fsp3) is 0. The number of fused-ring (bicyclic) bond motifs is 1. The molecule has 0 bridgehead atoms. The molecule has 6 heteroatoms. The third kappa shape index (κ3) is 1.32. The Hall–Kier alpha value is -2.37. The third-order valence-corrected chi connectivity index (χ3v) is 2.03. The van der Waals surface area contributed by atoms with E-state index in [0.29, 0.717) is 0 Å². The van der Waals surface area contributed by atoms with Gasteiger partial charge in [-0.25, -0.2) is 9.59 Å². The number of aromatic nitrogens is 2. The van der Waals surface area contributed by atoms with E-state index in [1.165, 1.54) is 18.5 Å². The largest absolute Gasteiger partial charge is 0.478 e. The molecule has 0 fully saturated rings. The number of carboxylic acids is 2. The van der Waals surface area contributed by atoms with Crippen molar-refractivity contribution in [3.8, 4) is 0 Å². The van der Waals surface area contributed by atoms with Crippen LogP contribution in [0.2, 0.25) is 0 Å². The number of aromatic carboxylic acids is 2. The van der Waals surface area contributed by atoms with Gasteiger partial charge in [-0.05, 0) is 6.07 Å². The van der Waals surface area contributed by atoms with Crippen LogP contribution in [-0.2, 0) is 0 Å². The Morgan fingerprint density at radius 3 is 2.47 bits per heavy atom. The highest BCUT2D eigenvalue weighted by molar-refractivity contribution is 6.07. The summed E-state index contributed by atoms with van der Waals surface area (Å²) in [6.45, 7) is 0. The number of carbonyl (C=O) groups is 2. The van der Waals surface area contributed by atoms with Gasteiger partial charge in [-0.3, -0.25) is 4.98 Å². The van der Waals surface area contributed by atoms with Crippen molar-refractivity contribution < 1.29 is 19.8 Å². The molecule has 0 atom stereocenters. The first-order chi connectivity index (χ1) is 7.11. The number of rotatable bonds is 2. The summed E-state index contributed by atoms with van der Waals surface area (Å²) in [7, 11) is 0. The number of nitrogens with one attached hydrogen (secondary N) is 1. The van der Waals surface area contributed by atoms with Crippen LogP contribution in [0.3, 0.4) is 0 Å². The van der Waals surface area contributed by atoms with Crippen LogP contribution in [0, 0.1) is 0 Å². The molecule has 6 nitrogen and oxygen atoms in total. The molecule has 0 radical (unpaired) electrons. The van der Waals surface area contributed by atoms with E-state index in [1.807, 2.05) is 0 Å². The average Bonchev–Trinajstić information content (AvgIpc) is 2.59. The van der Waals surface area contributed by atoms with Gasteiger partial charge < -0.3 is 15.2 Å². The third-order valence-electron chi connectivity index (χ3n) is 2.03. The van der Waals surface area contributed by atoms with E-state index in [2.05, 4.69) is 9.97 Å². The monoisotopic (exact) mass is 206 g/mol. The molecule has 0 saturated carbocycles. The first-order valence-electron chi connectivity index (χ1n) is 4.04. The average molecular weight is 206 g/mol. The van der Waals surface area contributed by atoms with Crippen LogP contribution < -0.4 is 0 Å². The van der Waals surface area contributed by atoms with E-state index in [1.54, 1.807) is 0 Å². The lowest BCUT2D eigenvalue weighted by Crippen LogP contribution is -1.99. The van der Waals surface area contributed by atoms with Gasteiger partial charge in [0.25, 0.3) is 0 Å². The number of hydrogen-bond donors (Lipinski definition) is 3. The lowest BCUT2D eigenvalue weighted by Gasteiger charge is -1.96. The molecule has 0 aliphatic carbocycles. The minimum atomic E-state index is -1.14. The van der Waals surface area contributed by atoms with E-state index < -0.39 is 11.9 Å². The van der Waals surface area contributed by atoms with Crippen LogP contribution in [0.5, 0.6) is 0 Å². The van der Waals surface area contributed by atoms with Crippen LogP contribution in [0.25, 0.3) is 11.0 Å². The Morgan fingerprint density at radius 1 is 1.20 bits per heavy atom. The van der Waals surface area contributed by atoms with Crippen LogP contribution in [0.1, 0.15) is 20.7 Å². The van der Waals surface area contributed by atoms with Crippen LogP contribution in [0.15, 0.2) is 18.5 Å². The van der Waals surface area contributed by atoms with Gasteiger partial charge >= 0.3 is 11.9 Å². The molecule has 2 aromatic heterocycles. The first-order valence-corrected chi connectivity index (χ1v) is 4.04. The Labute approximate surface area is 83.2 Å². The molecule has 15 heavy (non-hydrogen) atoms. The topological polar surface area (TPSA) is 103 Å². The molecule has 0 saturated heterocycles. The number of nitrogens with zero attached hydrogens (tertiary/aromatic N) is 1. The van der Waals surface area contributed by atoms with Crippen molar-refractivity contribution in [1.82, 2.24) is 9.97 Å². The molecule has 0 aromatic carbocycles. The number of H-pyrrole nitrogens is 1. The van der Waals surface area contributed by atoms with Crippen LogP contribution in [-0.4, -0.2) is 32.1 Å². The summed E-state index contributed by atoms with van der Waals surface area (Å²) in [5, 5.41) is 17.6. The minimum absolute atomic E-state index is 0.00694. The molecule has 76 valence electrons. The molecule has 0 aliphatic heterocycles. The van der Waals surface area contributed by atoms with Crippen molar-refractivity contribution in [3.63, 3.8) is 0 Å². The van der Waals surface area contributed by atoms with Crippen molar-refractivity contribution in [1.29, 1.82) is 0 Å². The SMILES string of the molecule is O=C(O)c1c[nH]c2c(C(=O)O)ccnc12. The second-order valence-corrected chi connectivity index (χ2v) is 2.89. The predicted octanol–water partition coefficient (Wildman–Crippen LogP) is 0.959. The molecule has 0 spiro atoms. The van der Waals surface area contributed by atoms with E-state index >= 15 is 0 Å². The summed E-state index contributed by atoms with van der Waals surface area (Å²) >= 11 is 0. The highest BCUT2D eigenvalue weighted by Crippen LogP contribution is 2.19. The molecule has 2 aromatic rings. The van der Waals surface area contributed by atoms with Gasteiger partial charge in [0.15, 0.2) is 0 Å². The number of hydrogen-bond acceptors (Lipinski definition) is 3. The summed E-state index contributed by atoms with van der Waals surface area (Å²) in [6, 6.07) is 1.31. The van der Waals surface area contributed by atoms with E-state index in [4.69, 9.17) is 10.2 Å². The second kappa shape index (κ2) is 3.09. The molecular weight excluding hydrogens is 200 g/mol. The summed E-state index contributed by atoms with van der Waals surface area (Å²) in [5.41, 5.74) is 0.352. The van der Waals surface area contributed by atoms with Gasteiger partial charge in [-0.15, -0.1) is 0 Å². The van der Waals surface area contributed by atoms with Crippen molar-refractivity contribution in [3.05, 3.63) is 29.6 Å². The fourth-order valence-electron chi connectivity index (χ4n) is 1.37. The number of aromatic amines is 1. The van der Waals surface area contributed by atoms with Gasteiger partial charge in [-0.2, -0.15) is 0 Å². The Morgan fingerprint density at radius 2 is 1.87 bits per heavy atom. The Kier molecular flexibility index (Phi) is 1.89. The summed E-state index contributed by atoms with van der Waals surface area (Å²) in [6.07, 6.45) is 2.50. The molecule has 2 heterocycles. The molecule has 2 rings (SSSR count). The minimum Gasteiger partial charge on any atom is -0.478 e. The summed E-state index contributed by atoms with van der Waals surface area (Å²) in [5.74, 6) is -2.27. The normalized spacial score (nSPS) is 10.4. The first kappa shape index (κ1) is 9.20. The van der Waals surface area contributed by atoms with Gasteiger partial charge in [0.2, 0.25) is 0 Å². The zero-order chi connectivity index (χ0) is 11.0.